The molecule has 0 amide bonds. The Morgan fingerprint density at radius 1 is 1.26 bits per heavy atom. The van der Waals surface area contributed by atoms with Crippen LogP contribution in [0.2, 0.25) is 5.02 Å². The standard InChI is InChI=1S/C15H14ClNO5S/c1-22-14-6-5-12(9-13(14)16)23(20,21)17-11-4-2-3-10(7-11)8-15(18)19/h2-7,9,17H,8H2,1H3,(H,18,19). The minimum atomic E-state index is -3.84. The van der Waals surface area contributed by atoms with Crippen LogP contribution in [0.5, 0.6) is 5.75 Å². The topological polar surface area (TPSA) is 92.7 Å². The Hall–Kier alpha value is -2.25. The summed E-state index contributed by atoms with van der Waals surface area (Å²) < 4.78 is 32.1. The Morgan fingerprint density at radius 2 is 2.00 bits per heavy atom. The smallest absolute Gasteiger partial charge is 0.307 e. The molecule has 6 nitrogen and oxygen atoms in total. The van der Waals surface area contributed by atoms with Gasteiger partial charge < -0.3 is 9.84 Å². The molecule has 0 saturated carbocycles. The molecule has 122 valence electrons. The van der Waals surface area contributed by atoms with Crippen molar-refractivity contribution >= 4 is 33.3 Å². The quantitative estimate of drug-likeness (QED) is 0.831. The largest absolute Gasteiger partial charge is 0.495 e. The second-order valence-electron chi connectivity index (χ2n) is 4.67. The van der Waals surface area contributed by atoms with Crippen molar-refractivity contribution in [2.75, 3.05) is 11.8 Å². The number of sulfonamides is 1. The van der Waals surface area contributed by atoms with Gasteiger partial charge in [0.15, 0.2) is 0 Å². The lowest BCUT2D eigenvalue weighted by atomic mass is 10.1. The van der Waals surface area contributed by atoms with E-state index in [-0.39, 0.29) is 22.0 Å². The Balaban J connectivity index is 2.27. The molecule has 0 bridgehead atoms. The molecule has 2 aromatic rings. The van der Waals surface area contributed by atoms with Gasteiger partial charge in [-0.15, -0.1) is 0 Å². The van der Waals surface area contributed by atoms with Gasteiger partial charge in [-0.05, 0) is 35.9 Å². The van der Waals surface area contributed by atoms with Crippen molar-refractivity contribution < 1.29 is 23.1 Å². The van der Waals surface area contributed by atoms with E-state index in [0.717, 1.165) is 0 Å². The summed E-state index contributed by atoms with van der Waals surface area (Å²) in [6.45, 7) is 0. The molecule has 0 spiro atoms. The zero-order valence-electron chi connectivity index (χ0n) is 12.1. The monoisotopic (exact) mass is 355 g/mol. The molecule has 2 rings (SSSR count). The van der Waals surface area contributed by atoms with Crippen molar-refractivity contribution in [1.29, 1.82) is 0 Å². The predicted octanol–water partition coefficient (Wildman–Crippen LogP) is 2.78. The molecular weight excluding hydrogens is 342 g/mol. The molecule has 2 N–H and O–H groups in total. The number of nitrogens with one attached hydrogen (secondary N) is 1. The maximum Gasteiger partial charge on any atom is 0.307 e. The van der Waals surface area contributed by atoms with Crippen LogP contribution in [0.25, 0.3) is 0 Å². The number of benzene rings is 2. The molecule has 23 heavy (non-hydrogen) atoms. The third-order valence-corrected chi connectivity index (χ3v) is 4.64. The molecule has 0 saturated heterocycles. The molecule has 0 atom stereocenters. The van der Waals surface area contributed by atoms with Crippen molar-refractivity contribution in [1.82, 2.24) is 0 Å². The van der Waals surface area contributed by atoms with Gasteiger partial charge in [-0.3, -0.25) is 9.52 Å². The molecule has 0 aromatic heterocycles. The second kappa shape index (κ2) is 6.89. The summed E-state index contributed by atoms with van der Waals surface area (Å²) in [7, 11) is -2.41. The molecule has 0 aliphatic carbocycles. The first-order chi connectivity index (χ1) is 10.8. The lowest BCUT2D eigenvalue weighted by Gasteiger charge is -2.10. The Labute approximate surface area is 138 Å². The number of anilines is 1. The fourth-order valence-electron chi connectivity index (χ4n) is 1.95. The summed E-state index contributed by atoms with van der Waals surface area (Å²) >= 11 is 5.94. The van der Waals surface area contributed by atoms with Crippen LogP contribution in [0, 0.1) is 0 Å². The van der Waals surface area contributed by atoms with E-state index in [4.69, 9.17) is 21.4 Å². The zero-order valence-corrected chi connectivity index (χ0v) is 13.7. The summed E-state index contributed by atoms with van der Waals surface area (Å²) in [6, 6.07) is 10.3. The van der Waals surface area contributed by atoms with E-state index in [1.54, 1.807) is 12.1 Å². The summed E-state index contributed by atoms with van der Waals surface area (Å²) in [5.74, 6) is -0.624. The normalized spacial score (nSPS) is 11.0. The van der Waals surface area contributed by atoms with Gasteiger partial charge in [0.1, 0.15) is 5.75 Å². The Kier molecular flexibility index (Phi) is 5.12. The zero-order chi connectivity index (χ0) is 17.0. The van der Waals surface area contributed by atoms with Gasteiger partial charge in [-0.25, -0.2) is 8.42 Å². The van der Waals surface area contributed by atoms with Gasteiger partial charge in [0.05, 0.1) is 23.4 Å². The van der Waals surface area contributed by atoms with E-state index < -0.39 is 16.0 Å². The minimum Gasteiger partial charge on any atom is -0.495 e. The van der Waals surface area contributed by atoms with Crippen LogP contribution < -0.4 is 9.46 Å². The van der Waals surface area contributed by atoms with Crippen molar-refractivity contribution in [2.45, 2.75) is 11.3 Å². The average Bonchev–Trinajstić information content (AvgIpc) is 2.46. The van der Waals surface area contributed by atoms with Gasteiger partial charge in [-0.2, -0.15) is 0 Å². The van der Waals surface area contributed by atoms with Gasteiger partial charge >= 0.3 is 5.97 Å². The van der Waals surface area contributed by atoms with Crippen LogP contribution in [-0.4, -0.2) is 26.6 Å². The lowest BCUT2D eigenvalue weighted by molar-refractivity contribution is -0.136. The van der Waals surface area contributed by atoms with Gasteiger partial charge in [0.25, 0.3) is 10.0 Å². The molecule has 0 aliphatic heterocycles. The number of methoxy groups -OCH3 is 1. The number of halogens is 1. The first-order valence-corrected chi connectivity index (χ1v) is 8.35. The second-order valence-corrected chi connectivity index (χ2v) is 6.76. The first-order valence-electron chi connectivity index (χ1n) is 6.49. The first kappa shape index (κ1) is 17.1. The molecule has 0 radical (unpaired) electrons. The van der Waals surface area contributed by atoms with Gasteiger partial charge in [0, 0.05) is 5.69 Å². The molecule has 0 unspecified atom stereocenters. The maximum atomic E-state index is 12.4. The molecular formula is C15H14ClNO5S. The Morgan fingerprint density at radius 3 is 2.61 bits per heavy atom. The van der Waals surface area contributed by atoms with Gasteiger partial charge in [-0.1, -0.05) is 23.7 Å². The van der Waals surface area contributed by atoms with E-state index in [0.29, 0.717) is 11.3 Å². The van der Waals surface area contributed by atoms with Crippen molar-refractivity contribution in [2.24, 2.45) is 0 Å². The van der Waals surface area contributed by atoms with Crippen molar-refractivity contribution in [3.63, 3.8) is 0 Å². The number of hydrogen-bond donors (Lipinski definition) is 2. The van der Waals surface area contributed by atoms with Crippen molar-refractivity contribution in [3.05, 3.63) is 53.1 Å². The van der Waals surface area contributed by atoms with Crippen LogP contribution >= 0.6 is 11.6 Å². The number of hydrogen-bond acceptors (Lipinski definition) is 4. The van der Waals surface area contributed by atoms with E-state index in [1.165, 1.54) is 37.4 Å². The average molecular weight is 356 g/mol. The molecule has 2 aromatic carbocycles. The SMILES string of the molecule is COc1ccc(S(=O)(=O)Nc2cccc(CC(=O)O)c2)cc1Cl. The maximum absolute atomic E-state index is 12.4. The van der Waals surface area contributed by atoms with E-state index in [9.17, 15) is 13.2 Å². The number of ether oxygens (including phenoxy) is 1. The van der Waals surface area contributed by atoms with E-state index >= 15 is 0 Å². The van der Waals surface area contributed by atoms with Crippen LogP contribution in [0.15, 0.2) is 47.4 Å². The number of carboxylic acid groups (broad SMARTS) is 1. The number of rotatable bonds is 6. The van der Waals surface area contributed by atoms with Gasteiger partial charge in [0.2, 0.25) is 0 Å². The van der Waals surface area contributed by atoms with Crippen LogP contribution in [0.3, 0.4) is 0 Å². The highest BCUT2D eigenvalue weighted by atomic mass is 35.5. The highest BCUT2D eigenvalue weighted by Gasteiger charge is 2.16. The fraction of sp³-hybridized carbons (Fsp3) is 0.133. The highest BCUT2D eigenvalue weighted by Crippen LogP contribution is 2.28. The molecule has 0 heterocycles. The summed E-state index contributed by atoms with van der Waals surface area (Å²) in [4.78, 5) is 10.7. The van der Waals surface area contributed by atoms with Crippen LogP contribution in [0.1, 0.15) is 5.56 Å². The number of carboxylic acids is 1. The number of carbonyl (C=O) groups is 1. The van der Waals surface area contributed by atoms with Crippen molar-refractivity contribution in [3.8, 4) is 5.75 Å². The predicted molar refractivity (Wildman–Crippen MR) is 86.6 cm³/mol. The minimum absolute atomic E-state index is 0.0214. The highest BCUT2D eigenvalue weighted by molar-refractivity contribution is 7.92. The molecule has 8 heteroatoms. The summed E-state index contributed by atoms with van der Waals surface area (Å²) in [6.07, 6.45) is -0.191. The third-order valence-electron chi connectivity index (χ3n) is 2.97. The van der Waals surface area contributed by atoms with E-state index in [2.05, 4.69) is 4.72 Å². The van der Waals surface area contributed by atoms with Crippen LogP contribution in [-0.2, 0) is 21.2 Å². The Bertz CT molecular complexity index is 836. The summed E-state index contributed by atoms with van der Waals surface area (Å²) in [5.41, 5.74) is 0.765. The summed E-state index contributed by atoms with van der Waals surface area (Å²) in [5, 5.41) is 8.96. The molecule has 0 aliphatic rings. The third kappa shape index (κ3) is 4.37. The lowest BCUT2D eigenvalue weighted by Crippen LogP contribution is -2.13. The van der Waals surface area contributed by atoms with Crippen LogP contribution in [0.4, 0.5) is 5.69 Å². The molecule has 0 fully saturated rings. The van der Waals surface area contributed by atoms with E-state index in [1.807, 2.05) is 0 Å². The fourth-order valence-corrected chi connectivity index (χ4v) is 3.35. The number of aliphatic carboxylic acids is 1.